The standard InChI is InChI=1S/C22H18N2O3/c25-15-11-9-14(10-12-15)13-20(22(26)27)24-21-16-5-1-3-7-18(16)23-19-8-4-2-6-17(19)21/h1-12,20,25H,13H2,(H,23,24)(H,26,27)/t20-/m1/s1. The van der Waals surface area contributed by atoms with Gasteiger partial charge in [-0.3, -0.25) is 0 Å². The summed E-state index contributed by atoms with van der Waals surface area (Å²) in [5.41, 5.74) is 3.39. The van der Waals surface area contributed by atoms with E-state index in [1.807, 2.05) is 48.5 Å². The number of hydrogen-bond acceptors (Lipinski definition) is 4. The molecule has 4 aromatic rings. The first-order valence-electron chi connectivity index (χ1n) is 8.70. The Morgan fingerprint density at radius 1 is 0.926 bits per heavy atom. The van der Waals surface area contributed by atoms with Gasteiger partial charge in [-0.2, -0.15) is 0 Å². The van der Waals surface area contributed by atoms with Crippen LogP contribution in [0.1, 0.15) is 5.56 Å². The van der Waals surface area contributed by atoms with Gasteiger partial charge in [-0.15, -0.1) is 0 Å². The van der Waals surface area contributed by atoms with E-state index in [9.17, 15) is 15.0 Å². The van der Waals surface area contributed by atoms with E-state index >= 15 is 0 Å². The SMILES string of the molecule is O=C([O-])[C@@H](Cc1ccc(O)cc1)Nc1c2ccccc2[nH+]c2ccccc12. The summed E-state index contributed by atoms with van der Waals surface area (Å²) < 4.78 is 0. The number of aromatic hydroxyl groups is 1. The number of carboxylic acid groups (broad SMARTS) is 1. The number of aromatic nitrogens is 1. The zero-order valence-corrected chi connectivity index (χ0v) is 14.5. The number of phenols is 1. The monoisotopic (exact) mass is 358 g/mol. The lowest BCUT2D eigenvalue weighted by atomic mass is 10.0. The molecule has 5 heteroatoms. The van der Waals surface area contributed by atoms with Crippen LogP contribution >= 0.6 is 0 Å². The van der Waals surface area contributed by atoms with Crippen LogP contribution in [-0.4, -0.2) is 17.1 Å². The van der Waals surface area contributed by atoms with E-state index < -0.39 is 12.0 Å². The van der Waals surface area contributed by atoms with Crippen LogP contribution in [0.2, 0.25) is 0 Å². The molecule has 0 amide bonds. The van der Waals surface area contributed by atoms with E-state index in [2.05, 4.69) is 10.3 Å². The van der Waals surface area contributed by atoms with Crippen molar-refractivity contribution in [2.45, 2.75) is 12.5 Å². The number of fused-ring (bicyclic) bond motifs is 2. The summed E-state index contributed by atoms with van der Waals surface area (Å²) in [7, 11) is 0. The molecule has 134 valence electrons. The maximum Gasteiger partial charge on any atom is 0.213 e. The number of anilines is 1. The van der Waals surface area contributed by atoms with Crippen molar-refractivity contribution in [2.75, 3.05) is 5.32 Å². The molecular formula is C22H18N2O3. The first kappa shape index (κ1) is 16.8. The predicted molar refractivity (Wildman–Crippen MR) is 102 cm³/mol. The number of aromatic amines is 1. The Bertz CT molecular complexity index is 1070. The number of rotatable bonds is 5. The average molecular weight is 358 g/mol. The Hall–Kier alpha value is -3.60. The number of para-hydroxylation sites is 2. The third-order valence-corrected chi connectivity index (χ3v) is 4.64. The second-order valence-electron chi connectivity index (χ2n) is 6.48. The second-order valence-corrected chi connectivity index (χ2v) is 6.48. The predicted octanol–water partition coefficient (Wildman–Crippen LogP) is 2.29. The van der Waals surface area contributed by atoms with Gasteiger partial charge in [0, 0.05) is 12.1 Å². The summed E-state index contributed by atoms with van der Waals surface area (Å²) in [6.07, 6.45) is 0.240. The van der Waals surface area contributed by atoms with Crippen LogP contribution in [0.4, 0.5) is 5.69 Å². The molecule has 1 aromatic heterocycles. The lowest BCUT2D eigenvalue weighted by molar-refractivity contribution is -0.310. The number of nitrogens with one attached hydrogen (secondary N) is 2. The fourth-order valence-electron chi connectivity index (χ4n) is 3.30. The first-order chi connectivity index (χ1) is 13.1. The lowest BCUT2D eigenvalue weighted by Crippen LogP contribution is -2.42. The van der Waals surface area contributed by atoms with Crippen LogP contribution in [-0.2, 0) is 11.2 Å². The van der Waals surface area contributed by atoms with Gasteiger partial charge < -0.3 is 20.3 Å². The highest BCUT2D eigenvalue weighted by Gasteiger charge is 2.18. The molecule has 3 N–H and O–H groups in total. The fourth-order valence-corrected chi connectivity index (χ4v) is 3.30. The molecule has 0 saturated carbocycles. The molecule has 0 saturated heterocycles. The Balaban J connectivity index is 1.79. The number of carboxylic acids is 1. The smallest absolute Gasteiger partial charge is 0.213 e. The van der Waals surface area contributed by atoms with E-state index in [0.29, 0.717) is 0 Å². The van der Waals surface area contributed by atoms with Crippen molar-refractivity contribution >= 4 is 33.5 Å². The van der Waals surface area contributed by atoms with E-state index in [4.69, 9.17) is 0 Å². The fraction of sp³-hybridized carbons (Fsp3) is 0.0909. The van der Waals surface area contributed by atoms with Gasteiger partial charge in [-0.1, -0.05) is 36.4 Å². The number of benzene rings is 3. The van der Waals surface area contributed by atoms with Crippen molar-refractivity contribution in [3.8, 4) is 5.75 Å². The van der Waals surface area contributed by atoms with Crippen LogP contribution < -0.4 is 15.4 Å². The van der Waals surface area contributed by atoms with Crippen LogP contribution in [0.15, 0.2) is 72.8 Å². The topological polar surface area (TPSA) is 86.5 Å². The zero-order chi connectivity index (χ0) is 18.8. The highest BCUT2D eigenvalue weighted by atomic mass is 16.4. The summed E-state index contributed by atoms with van der Waals surface area (Å²) >= 11 is 0. The van der Waals surface area contributed by atoms with Gasteiger partial charge in [-0.05, 0) is 36.2 Å². The summed E-state index contributed by atoms with van der Waals surface area (Å²) in [6, 6.07) is 21.1. The van der Waals surface area contributed by atoms with Gasteiger partial charge in [0.1, 0.15) is 5.75 Å². The quantitative estimate of drug-likeness (QED) is 0.536. The maximum atomic E-state index is 11.8. The molecule has 0 spiro atoms. The van der Waals surface area contributed by atoms with Crippen LogP contribution in [0, 0.1) is 0 Å². The number of aliphatic carboxylic acids is 1. The molecule has 0 aliphatic heterocycles. The maximum absolute atomic E-state index is 11.8. The molecule has 0 unspecified atom stereocenters. The van der Waals surface area contributed by atoms with Crippen molar-refractivity contribution in [1.29, 1.82) is 0 Å². The number of carbonyl (C=O) groups is 1. The summed E-state index contributed by atoms with van der Waals surface area (Å²) in [5, 5.41) is 26.2. The molecule has 1 atom stereocenters. The molecule has 0 radical (unpaired) electrons. The van der Waals surface area contributed by atoms with Gasteiger partial charge in [0.2, 0.25) is 11.0 Å². The molecule has 0 aliphatic rings. The number of pyridine rings is 1. The third kappa shape index (κ3) is 3.40. The minimum absolute atomic E-state index is 0.146. The highest BCUT2D eigenvalue weighted by Crippen LogP contribution is 2.29. The number of H-pyrrole nitrogens is 1. The normalized spacial score (nSPS) is 12.1. The van der Waals surface area contributed by atoms with Crippen LogP contribution in [0.3, 0.4) is 0 Å². The van der Waals surface area contributed by atoms with Gasteiger partial charge >= 0.3 is 0 Å². The zero-order valence-electron chi connectivity index (χ0n) is 14.5. The van der Waals surface area contributed by atoms with E-state index in [0.717, 1.165) is 33.1 Å². The van der Waals surface area contributed by atoms with E-state index in [1.165, 1.54) is 0 Å². The summed E-state index contributed by atoms with van der Waals surface area (Å²) in [6.45, 7) is 0. The molecule has 0 fully saturated rings. The number of hydrogen-bond donors (Lipinski definition) is 2. The summed E-state index contributed by atoms with van der Waals surface area (Å²) in [5.74, 6) is -1.03. The van der Waals surface area contributed by atoms with Crippen LogP contribution in [0.5, 0.6) is 5.75 Å². The van der Waals surface area contributed by atoms with Crippen LogP contribution in [0.25, 0.3) is 21.8 Å². The van der Waals surface area contributed by atoms with Gasteiger partial charge in [0.05, 0.1) is 28.5 Å². The highest BCUT2D eigenvalue weighted by molar-refractivity contribution is 6.05. The molecular weight excluding hydrogens is 340 g/mol. The Kier molecular flexibility index (Phi) is 4.34. The van der Waals surface area contributed by atoms with E-state index in [1.54, 1.807) is 24.3 Å². The molecule has 1 heterocycles. The number of phenolic OH excluding ortho intramolecular Hbond substituents is 1. The molecule has 3 aromatic carbocycles. The molecule has 27 heavy (non-hydrogen) atoms. The van der Waals surface area contributed by atoms with Crippen molar-refractivity contribution in [3.63, 3.8) is 0 Å². The summed E-state index contributed by atoms with van der Waals surface area (Å²) in [4.78, 5) is 15.2. The molecule has 5 nitrogen and oxygen atoms in total. The van der Waals surface area contributed by atoms with E-state index in [-0.39, 0.29) is 12.2 Å². The minimum Gasteiger partial charge on any atom is -0.548 e. The Labute approximate surface area is 155 Å². The minimum atomic E-state index is -1.18. The van der Waals surface area contributed by atoms with Gasteiger partial charge in [0.25, 0.3) is 0 Å². The van der Waals surface area contributed by atoms with Crippen molar-refractivity contribution in [1.82, 2.24) is 0 Å². The first-order valence-corrected chi connectivity index (χ1v) is 8.70. The van der Waals surface area contributed by atoms with Crippen molar-refractivity contribution in [2.24, 2.45) is 0 Å². The largest absolute Gasteiger partial charge is 0.548 e. The third-order valence-electron chi connectivity index (χ3n) is 4.64. The molecule has 0 bridgehead atoms. The Morgan fingerprint density at radius 3 is 2.04 bits per heavy atom. The average Bonchev–Trinajstić information content (AvgIpc) is 2.68. The second kappa shape index (κ2) is 6.96. The lowest BCUT2D eigenvalue weighted by Gasteiger charge is -2.22. The number of carbonyl (C=O) groups excluding carboxylic acids is 1. The van der Waals surface area contributed by atoms with Crippen molar-refractivity contribution in [3.05, 3.63) is 78.4 Å². The van der Waals surface area contributed by atoms with Crippen molar-refractivity contribution < 1.29 is 20.0 Å². The Morgan fingerprint density at radius 2 is 1.48 bits per heavy atom. The molecule has 0 aliphatic carbocycles. The van der Waals surface area contributed by atoms with Gasteiger partial charge in [-0.25, -0.2) is 4.98 Å². The van der Waals surface area contributed by atoms with Gasteiger partial charge in [0.15, 0.2) is 0 Å². The molecule has 4 rings (SSSR count).